The van der Waals surface area contributed by atoms with Gasteiger partial charge in [0.05, 0.1) is 0 Å². The molecule has 0 radical (unpaired) electrons. The van der Waals surface area contributed by atoms with Gasteiger partial charge in [-0.3, -0.25) is 9.59 Å². The summed E-state index contributed by atoms with van der Waals surface area (Å²) in [6.07, 6.45) is 5.92. The first-order chi connectivity index (χ1) is 18.6. The van der Waals surface area contributed by atoms with Crippen molar-refractivity contribution < 1.29 is 24.2 Å². The maximum absolute atomic E-state index is 14.5. The molecule has 0 bridgehead atoms. The Morgan fingerprint density at radius 2 is 1.68 bits per heavy atom. The fraction of sp³-hybridized carbons (Fsp3) is 0.469. The number of rotatable bonds is 8. The average molecular weight is 548 g/mol. The average Bonchev–Trinajstić information content (AvgIpc) is 3.56. The van der Waals surface area contributed by atoms with Crippen LogP contribution in [0.2, 0.25) is 0 Å². The number of carbonyl (C=O) groups is 3. The molecule has 40 heavy (non-hydrogen) atoms. The Morgan fingerprint density at radius 3 is 2.20 bits per heavy atom. The van der Waals surface area contributed by atoms with Gasteiger partial charge in [-0.2, -0.15) is 0 Å². The number of hydrogen-bond donors (Lipinski definition) is 3. The molecular weight excluding hydrogens is 506 g/mol. The van der Waals surface area contributed by atoms with Crippen LogP contribution in [0.25, 0.3) is 0 Å². The zero-order valence-corrected chi connectivity index (χ0v) is 24.4. The molecule has 4 unspecified atom stereocenters. The van der Waals surface area contributed by atoms with E-state index in [1.807, 2.05) is 27.7 Å². The molecule has 3 rings (SSSR count). The van der Waals surface area contributed by atoms with Crippen molar-refractivity contribution in [2.24, 2.45) is 5.92 Å². The molecule has 0 aliphatic heterocycles. The topological polar surface area (TPSA) is 108 Å². The molecule has 214 valence electrons. The minimum absolute atomic E-state index is 0.0879. The molecule has 2 aromatic carbocycles. The van der Waals surface area contributed by atoms with E-state index in [1.54, 1.807) is 62.1 Å². The zero-order valence-electron chi connectivity index (χ0n) is 24.4. The highest BCUT2D eigenvalue weighted by Crippen LogP contribution is 2.41. The van der Waals surface area contributed by atoms with E-state index in [-0.39, 0.29) is 30.0 Å². The Bertz CT molecular complexity index is 1270. The van der Waals surface area contributed by atoms with Gasteiger partial charge in [0.25, 0.3) is 0 Å². The van der Waals surface area contributed by atoms with E-state index in [2.05, 4.69) is 16.6 Å². The first-order valence-electron chi connectivity index (χ1n) is 13.6. The largest absolute Gasteiger partial charge is 0.508 e. The molecule has 3 amide bonds. The number of aromatic hydroxyl groups is 1. The van der Waals surface area contributed by atoms with E-state index in [0.717, 1.165) is 5.56 Å². The van der Waals surface area contributed by atoms with Gasteiger partial charge in [-0.05, 0) is 83.2 Å². The van der Waals surface area contributed by atoms with Crippen molar-refractivity contribution in [3.8, 4) is 18.1 Å². The van der Waals surface area contributed by atoms with Crippen LogP contribution in [0, 0.1) is 18.3 Å². The highest BCUT2D eigenvalue weighted by molar-refractivity contribution is 5.93. The highest BCUT2D eigenvalue weighted by atomic mass is 16.6. The lowest BCUT2D eigenvalue weighted by molar-refractivity contribution is -0.144. The Morgan fingerprint density at radius 1 is 1.07 bits per heavy atom. The third-order valence-corrected chi connectivity index (χ3v) is 6.48. The Kier molecular flexibility index (Phi) is 9.19. The molecule has 1 aliphatic carbocycles. The number of carbonyl (C=O) groups excluding carboxylic acids is 3. The number of nitrogens with zero attached hydrogens (tertiary/aromatic N) is 1. The van der Waals surface area contributed by atoms with Gasteiger partial charge in [-0.1, -0.05) is 43.2 Å². The van der Waals surface area contributed by atoms with E-state index in [4.69, 9.17) is 11.2 Å². The zero-order chi connectivity index (χ0) is 29.8. The molecule has 3 N–H and O–H groups in total. The normalized spacial score (nSPS) is 18.1. The van der Waals surface area contributed by atoms with Gasteiger partial charge in [0.15, 0.2) is 0 Å². The van der Waals surface area contributed by atoms with Crippen LogP contribution in [0.15, 0.2) is 48.5 Å². The highest BCUT2D eigenvalue weighted by Gasteiger charge is 2.49. The molecule has 0 spiro atoms. The summed E-state index contributed by atoms with van der Waals surface area (Å²) in [6, 6.07) is 11.2. The van der Waals surface area contributed by atoms with E-state index >= 15 is 0 Å². The van der Waals surface area contributed by atoms with E-state index < -0.39 is 35.2 Å². The van der Waals surface area contributed by atoms with Crippen LogP contribution in [0.3, 0.4) is 0 Å². The third kappa shape index (κ3) is 8.25. The van der Waals surface area contributed by atoms with Gasteiger partial charge in [0.2, 0.25) is 11.8 Å². The van der Waals surface area contributed by atoms with Gasteiger partial charge in [0.1, 0.15) is 23.4 Å². The summed E-state index contributed by atoms with van der Waals surface area (Å²) in [5.41, 5.74) is 0.431. The fourth-order valence-electron chi connectivity index (χ4n) is 4.59. The minimum Gasteiger partial charge on any atom is -0.508 e. The summed E-state index contributed by atoms with van der Waals surface area (Å²) in [5.74, 6) is 2.12. The monoisotopic (exact) mass is 547 g/mol. The third-order valence-electron chi connectivity index (χ3n) is 6.48. The summed E-state index contributed by atoms with van der Waals surface area (Å²) in [5, 5.41) is 15.5. The van der Waals surface area contributed by atoms with Crippen LogP contribution in [-0.2, 0) is 20.7 Å². The Hall–Kier alpha value is -3.99. The Balaban J connectivity index is 2.10. The van der Waals surface area contributed by atoms with Gasteiger partial charge in [-0.15, -0.1) is 6.42 Å². The lowest BCUT2D eigenvalue weighted by atomic mass is 9.95. The lowest BCUT2D eigenvalue weighted by Crippen LogP contribution is -2.56. The van der Waals surface area contributed by atoms with Crippen LogP contribution in [0.4, 0.5) is 4.79 Å². The number of alkyl carbamates (subject to hydrolysis) is 1. The van der Waals surface area contributed by atoms with Crippen molar-refractivity contribution in [1.29, 1.82) is 0 Å². The molecule has 4 atom stereocenters. The first kappa shape index (κ1) is 30.6. The van der Waals surface area contributed by atoms with Gasteiger partial charge >= 0.3 is 6.09 Å². The van der Waals surface area contributed by atoms with Crippen LogP contribution < -0.4 is 10.6 Å². The first-order valence-corrected chi connectivity index (χ1v) is 13.6. The predicted molar refractivity (Wildman–Crippen MR) is 154 cm³/mol. The van der Waals surface area contributed by atoms with E-state index in [9.17, 15) is 19.5 Å². The van der Waals surface area contributed by atoms with Crippen LogP contribution in [0.1, 0.15) is 77.6 Å². The lowest BCUT2D eigenvalue weighted by Gasteiger charge is -2.37. The number of ether oxygens (including phenoxy) is 1. The van der Waals surface area contributed by atoms with Gasteiger partial charge < -0.3 is 25.4 Å². The number of hydrogen-bond acceptors (Lipinski definition) is 5. The Labute approximate surface area is 237 Å². The number of amides is 3. The second-order valence-corrected chi connectivity index (χ2v) is 12.5. The number of benzene rings is 2. The summed E-state index contributed by atoms with van der Waals surface area (Å²) < 4.78 is 5.48. The van der Waals surface area contributed by atoms with Crippen LogP contribution >= 0.6 is 0 Å². The molecule has 1 saturated carbocycles. The maximum atomic E-state index is 14.5. The van der Waals surface area contributed by atoms with Gasteiger partial charge in [0, 0.05) is 23.6 Å². The van der Waals surface area contributed by atoms with Crippen molar-refractivity contribution in [1.82, 2.24) is 15.5 Å². The smallest absolute Gasteiger partial charge is 0.408 e. The molecule has 0 heterocycles. The molecule has 0 saturated heterocycles. The molecule has 1 fully saturated rings. The van der Waals surface area contributed by atoms with Crippen molar-refractivity contribution in [2.45, 2.75) is 90.6 Å². The van der Waals surface area contributed by atoms with Crippen LogP contribution in [0.5, 0.6) is 5.75 Å². The fourth-order valence-corrected chi connectivity index (χ4v) is 4.59. The molecule has 0 aromatic heterocycles. The molecule has 8 nitrogen and oxygen atoms in total. The molecular formula is C32H41N3O5. The standard InChI is InChI=1S/C32H41N3O5/c1-9-22-12-10-11-13-24(22)27(28(37)34-31(3,4)5)35(26-18-20(26)2)29(38)25(33-30(39)40-32(6,7)8)19-21-14-16-23(36)17-15-21/h1,10-17,20,25-27,36H,18-19H2,2-8H3,(H,33,39)(H,34,37). The maximum Gasteiger partial charge on any atom is 0.408 e. The molecule has 2 aromatic rings. The van der Waals surface area contributed by atoms with Crippen molar-refractivity contribution >= 4 is 17.9 Å². The number of nitrogens with one attached hydrogen (secondary N) is 2. The molecule has 8 heteroatoms. The summed E-state index contributed by atoms with van der Waals surface area (Å²) in [7, 11) is 0. The van der Waals surface area contributed by atoms with Crippen molar-refractivity contribution in [3.63, 3.8) is 0 Å². The number of phenols is 1. The number of terminal acetylenes is 1. The van der Waals surface area contributed by atoms with E-state index in [1.165, 1.54) is 12.1 Å². The van der Waals surface area contributed by atoms with Crippen molar-refractivity contribution in [2.75, 3.05) is 0 Å². The van der Waals surface area contributed by atoms with Gasteiger partial charge in [-0.25, -0.2) is 4.79 Å². The van der Waals surface area contributed by atoms with Crippen LogP contribution in [-0.4, -0.2) is 51.1 Å². The summed E-state index contributed by atoms with van der Waals surface area (Å²) in [6.45, 7) is 12.9. The number of phenolic OH excluding ortho intramolecular Hbond substituents is 1. The molecule has 1 aliphatic rings. The summed E-state index contributed by atoms with van der Waals surface area (Å²) in [4.78, 5) is 42.9. The predicted octanol–water partition coefficient (Wildman–Crippen LogP) is 4.70. The second kappa shape index (κ2) is 12.0. The van der Waals surface area contributed by atoms with Crippen molar-refractivity contribution in [3.05, 3.63) is 65.2 Å². The second-order valence-electron chi connectivity index (χ2n) is 12.5. The minimum atomic E-state index is -1.05. The SMILES string of the molecule is C#Cc1ccccc1C(C(=O)NC(C)(C)C)N(C(=O)C(Cc1ccc(O)cc1)NC(=O)OC(C)(C)C)C1CC1C. The van der Waals surface area contributed by atoms with E-state index in [0.29, 0.717) is 17.5 Å². The summed E-state index contributed by atoms with van der Waals surface area (Å²) >= 11 is 0. The quantitative estimate of drug-likeness (QED) is 0.415.